The Morgan fingerprint density at radius 2 is 0.840 bits per heavy atom. The Balaban J connectivity index is 1.07. The Bertz CT molecular complexity index is 2850. The fraction of sp³-hybridized carbons (Fsp3) is 0. The van der Waals surface area contributed by atoms with Crippen LogP contribution in [0.1, 0.15) is 0 Å². The largest absolute Gasteiger partial charge is 0.310 e. The summed E-state index contributed by atoms with van der Waals surface area (Å²) in [7, 11) is 0. The lowest BCUT2D eigenvalue weighted by atomic mass is 9.95. The van der Waals surface area contributed by atoms with E-state index in [2.05, 4.69) is 204 Å². The van der Waals surface area contributed by atoms with Crippen molar-refractivity contribution >= 4 is 71.2 Å². The highest BCUT2D eigenvalue weighted by atomic mass is 15.1. The standard InChI is InChI=1S/C48H32N2/c1-3-12-37(13-4-1)49(40-26-30-46-45-17-9-10-18-47(45)50(48(46)32-40)38-14-5-2-6-15-38)39-24-19-33(20-25-39)35-22-27-42-36(31-35)23-29-43-41-16-8-7-11-34(41)21-28-44(42)43/h1-32H. The van der Waals surface area contributed by atoms with Crippen LogP contribution in [-0.2, 0) is 0 Å². The third-order valence-corrected chi connectivity index (χ3v) is 10.1. The van der Waals surface area contributed by atoms with E-state index < -0.39 is 0 Å². The van der Waals surface area contributed by atoms with E-state index in [1.807, 2.05) is 0 Å². The highest BCUT2D eigenvalue weighted by Crippen LogP contribution is 2.40. The first-order chi connectivity index (χ1) is 24.8. The van der Waals surface area contributed by atoms with Gasteiger partial charge in [0.25, 0.3) is 0 Å². The molecule has 0 aliphatic rings. The molecule has 10 rings (SSSR count). The summed E-state index contributed by atoms with van der Waals surface area (Å²) >= 11 is 0. The minimum atomic E-state index is 1.11. The van der Waals surface area contributed by atoms with Gasteiger partial charge in [-0.3, -0.25) is 0 Å². The van der Waals surface area contributed by atoms with Crippen LogP contribution in [0.3, 0.4) is 0 Å². The molecule has 50 heavy (non-hydrogen) atoms. The topological polar surface area (TPSA) is 8.17 Å². The van der Waals surface area contributed by atoms with E-state index >= 15 is 0 Å². The molecule has 1 aromatic heterocycles. The van der Waals surface area contributed by atoms with Gasteiger partial charge in [-0.25, -0.2) is 0 Å². The fourth-order valence-electron chi connectivity index (χ4n) is 7.79. The SMILES string of the molecule is c1ccc(N(c2ccc(-c3ccc4c(ccc5c6ccccc6ccc45)c3)cc2)c2ccc3c4ccccc4n(-c4ccccc4)c3c2)cc1. The lowest BCUT2D eigenvalue weighted by Gasteiger charge is -2.26. The minimum Gasteiger partial charge on any atom is -0.310 e. The van der Waals surface area contributed by atoms with E-state index in [1.54, 1.807) is 0 Å². The Kier molecular flexibility index (Phi) is 6.53. The summed E-state index contributed by atoms with van der Waals surface area (Å²) in [6.07, 6.45) is 0. The molecule has 0 N–H and O–H groups in total. The van der Waals surface area contributed by atoms with Gasteiger partial charge in [0.15, 0.2) is 0 Å². The van der Waals surface area contributed by atoms with Crippen molar-refractivity contribution in [3.63, 3.8) is 0 Å². The molecule has 0 unspecified atom stereocenters. The molecule has 234 valence electrons. The van der Waals surface area contributed by atoms with Crippen LogP contribution in [-0.4, -0.2) is 4.57 Å². The second kappa shape index (κ2) is 11.5. The van der Waals surface area contributed by atoms with Crippen molar-refractivity contribution in [2.75, 3.05) is 4.90 Å². The van der Waals surface area contributed by atoms with Crippen LogP contribution in [0.15, 0.2) is 194 Å². The second-order valence-corrected chi connectivity index (χ2v) is 13.0. The number of anilines is 3. The van der Waals surface area contributed by atoms with Gasteiger partial charge in [0.1, 0.15) is 0 Å². The summed E-state index contributed by atoms with van der Waals surface area (Å²) in [4.78, 5) is 2.35. The number of rotatable bonds is 5. The average Bonchev–Trinajstić information content (AvgIpc) is 3.52. The first kappa shape index (κ1) is 28.4. The van der Waals surface area contributed by atoms with Gasteiger partial charge in [0, 0.05) is 33.5 Å². The summed E-state index contributed by atoms with van der Waals surface area (Å²) in [5.41, 5.74) is 9.30. The smallest absolute Gasteiger partial charge is 0.0561 e. The number of fused-ring (bicyclic) bond motifs is 8. The first-order valence-electron chi connectivity index (χ1n) is 17.2. The van der Waals surface area contributed by atoms with Gasteiger partial charge >= 0.3 is 0 Å². The Labute approximate surface area is 290 Å². The number of nitrogens with zero attached hydrogens (tertiary/aromatic N) is 2. The molecule has 0 atom stereocenters. The zero-order valence-corrected chi connectivity index (χ0v) is 27.4. The molecule has 0 aliphatic heterocycles. The van der Waals surface area contributed by atoms with Gasteiger partial charge in [-0.2, -0.15) is 0 Å². The monoisotopic (exact) mass is 636 g/mol. The molecule has 10 aromatic rings. The van der Waals surface area contributed by atoms with Gasteiger partial charge < -0.3 is 9.47 Å². The third-order valence-electron chi connectivity index (χ3n) is 10.1. The molecule has 0 fully saturated rings. The molecule has 0 spiro atoms. The van der Waals surface area contributed by atoms with Gasteiger partial charge in [-0.15, -0.1) is 0 Å². The maximum atomic E-state index is 2.38. The van der Waals surface area contributed by atoms with Crippen LogP contribution in [0.5, 0.6) is 0 Å². The van der Waals surface area contributed by atoms with Crippen molar-refractivity contribution in [1.29, 1.82) is 0 Å². The Morgan fingerprint density at radius 3 is 1.64 bits per heavy atom. The quantitative estimate of drug-likeness (QED) is 0.171. The minimum absolute atomic E-state index is 1.11. The number of para-hydroxylation sites is 3. The lowest BCUT2D eigenvalue weighted by Crippen LogP contribution is -2.10. The van der Waals surface area contributed by atoms with Crippen molar-refractivity contribution < 1.29 is 0 Å². The van der Waals surface area contributed by atoms with E-state index in [4.69, 9.17) is 0 Å². The number of benzene rings is 9. The van der Waals surface area contributed by atoms with E-state index in [9.17, 15) is 0 Å². The molecule has 9 aromatic carbocycles. The number of aromatic nitrogens is 1. The lowest BCUT2D eigenvalue weighted by molar-refractivity contribution is 1.18. The van der Waals surface area contributed by atoms with Crippen LogP contribution in [0.4, 0.5) is 17.1 Å². The van der Waals surface area contributed by atoms with E-state index in [0.29, 0.717) is 0 Å². The normalized spacial score (nSPS) is 11.6. The molecule has 2 heteroatoms. The summed E-state index contributed by atoms with van der Waals surface area (Å²) in [5, 5.41) is 10.2. The zero-order valence-electron chi connectivity index (χ0n) is 27.4. The fourth-order valence-corrected chi connectivity index (χ4v) is 7.79. The number of hydrogen-bond donors (Lipinski definition) is 0. The van der Waals surface area contributed by atoms with E-state index in [-0.39, 0.29) is 0 Å². The van der Waals surface area contributed by atoms with E-state index in [0.717, 1.165) is 22.7 Å². The highest BCUT2D eigenvalue weighted by molar-refractivity contribution is 6.17. The van der Waals surface area contributed by atoms with Gasteiger partial charge in [0.2, 0.25) is 0 Å². The molecular weight excluding hydrogens is 605 g/mol. The van der Waals surface area contributed by atoms with Gasteiger partial charge in [-0.1, -0.05) is 133 Å². The highest BCUT2D eigenvalue weighted by Gasteiger charge is 2.17. The summed E-state index contributed by atoms with van der Waals surface area (Å²) in [6.45, 7) is 0. The Morgan fingerprint density at radius 1 is 0.300 bits per heavy atom. The molecular formula is C48H32N2. The first-order valence-corrected chi connectivity index (χ1v) is 17.2. The van der Waals surface area contributed by atoms with Crippen molar-refractivity contribution in [1.82, 2.24) is 4.57 Å². The van der Waals surface area contributed by atoms with Crippen molar-refractivity contribution in [3.05, 3.63) is 194 Å². The summed E-state index contributed by atoms with van der Waals surface area (Å²) in [6, 6.07) is 70.4. The molecule has 0 saturated carbocycles. The predicted octanol–water partition coefficient (Wildman–Crippen LogP) is 13.4. The third kappa shape index (κ3) is 4.57. The van der Waals surface area contributed by atoms with Gasteiger partial charge in [0.05, 0.1) is 11.0 Å². The molecule has 0 saturated heterocycles. The summed E-state index contributed by atoms with van der Waals surface area (Å²) < 4.78 is 2.38. The molecule has 0 bridgehead atoms. The Hall–Kier alpha value is -6.64. The molecule has 2 nitrogen and oxygen atoms in total. The van der Waals surface area contributed by atoms with Crippen molar-refractivity contribution in [2.24, 2.45) is 0 Å². The predicted molar refractivity (Wildman–Crippen MR) is 213 cm³/mol. The molecule has 0 radical (unpaired) electrons. The van der Waals surface area contributed by atoms with Crippen LogP contribution in [0.2, 0.25) is 0 Å². The molecule has 1 heterocycles. The van der Waals surface area contributed by atoms with Crippen LogP contribution >= 0.6 is 0 Å². The summed E-state index contributed by atoms with van der Waals surface area (Å²) in [5.74, 6) is 0. The zero-order chi connectivity index (χ0) is 33.0. The van der Waals surface area contributed by atoms with E-state index in [1.165, 1.54) is 65.3 Å². The average molecular weight is 637 g/mol. The number of hydrogen-bond acceptors (Lipinski definition) is 1. The van der Waals surface area contributed by atoms with Crippen molar-refractivity contribution in [2.45, 2.75) is 0 Å². The molecule has 0 amide bonds. The van der Waals surface area contributed by atoms with Gasteiger partial charge in [-0.05, 0) is 104 Å². The van der Waals surface area contributed by atoms with Crippen LogP contribution in [0, 0.1) is 0 Å². The maximum absolute atomic E-state index is 2.38. The van der Waals surface area contributed by atoms with Crippen LogP contribution in [0.25, 0.3) is 70.9 Å². The molecule has 0 aliphatic carbocycles. The van der Waals surface area contributed by atoms with Crippen molar-refractivity contribution in [3.8, 4) is 16.8 Å². The maximum Gasteiger partial charge on any atom is 0.0561 e. The van der Waals surface area contributed by atoms with Crippen LogP contribution < -0.4 is 4.90 Å². The second-order valence-electron chi connectivity index (χ2n) is 13.0.